The van der Waals surface area contributed by atoms with Crippen LogP contribution in [0, 0.1) is 0 Å². The average Bonchev–Trinajstić information content (AvgIpc) is 3.31. The lowest BCUT2D eigenvalue weighted by Crippen LogP contribution is -2.15. The molecule has 0 spiro atoms. The molecule has 5 aromatic carbocycles. The summed E-state index contributed by atoms with van der Waals surface area (Å²) in [5.41, 5.74) is 5.85. The third-order valence-electron chi connectivity index (χ3n) is 7.23. The maximum absolute atomic E-state index is 4.89. The Balaban J connectivity index is 1.50. The fraction of sp³-hybridized carbons (Fsp3) is 0.118. The van der Waals surface area contributed by atoms with Gasteiger partial charge in [0.1, 0.15) is 5.04 Å². The molecule has 0 N–H and O–H groups in total. The van der Waals surface area contributed by atoms with E-state index >= 15 is 0 Å². The van der Waals surface area contributed by atoms with Gasteiger partial charge in [-0.25, -0.2) is 0 Å². The van der Waals surface area contributed by atoms with Crippen LogP contribution in [0.4, 0.5) is 0 Å². The van der Waals surface area contributed by atoms with E-state index in [9.17, 15) is 0 Å². The fourth-order valence-corrected chi connectivity index (χ4v) is 6.69. The molecule has 2 heterocycles. The van der Waals surface area contributed by atoms with E-state index in [2.05, 4.69) is 117 Å². The molecule has 0 saturated carbocycles. The lowest BCUT2D eigenvalue weighted by Gasteiger charge is -2.18. The number of pyridine rings is 1. The number of benzene rings is 5. The Hall–Kier alpha value is -3.95. The van der Waals surface area contributed by atoms with Crippen molar-refractivity contribution in [1.82, 2.24) is 4.98 Å². The van der Waals surface area contributed by atoms with E-state index in [1.165, 1.54) is 49.0 Å². The average molecular weight is 495 g/mol. The van der Waals surface area contributed by atoms with Gasteiger partial charge in [0.25, 0.3) is 0 Å². The van der Waals surface area contributed by atoms with Gasteiger partial charge in [-0.1, -0.05) is 97.1 Å². The minimum absolute atomic E-state index is 0.0236. The second-order valence-electron chi connectivity index (χ2n) is 10.3. The molecular formula is C34H26N2S. The standard InChI is InChI=1S/C34H26N2S/c1-34(2)21-37-33(36-34)30-19-18-23(20-35-30)31-26-13-5-7-15-28(26)32(29-16-8-6-14-27(29)31)25-17-9-11-22-10-3-4-12-24(22)25/h3-20H,21H2,1-2H3. The van der Waals surface area contributed by atoms with Gasteiger partial charge in [-0.2, -0.15) is 0 Å². The lowest BCUT2D eigenvalue weighted by atomic mass is 9.85. The van der Waals surface area contributed by atoms with Gasteiger partial charge in [-0.05, 0) is 68.9 Å². The smallest absolute Gasteiger partial charge is 0.117 e. The summed E-state index contributed by atoms with van der Waals surface area (Å²) in [6.07, 6.45) is 2.02. The molecule has 0 unspecified atom stereocenters. The highest BCUT2D eigenvalue weighted by Crippen LogP contribution is 2.45. The van der Waals surface area contributed by atoms with Gasteiger partial charge in [-0.3, -0.25) is 9.98 Å². The first-order valence-electron chi connectivity index (χ1n) is 12.7. The number of rotatable bonds is 3. The molecule has 0 atom stereocenters. The predicted octanol–water partition coefficient (Wildman–Crippen LogP) is 9.15. The van der Waals surface area contributed by atoms with Gasteiger partial charge in [0, 0.05) is 17.5 Å². The Labute approximate surface area is 221 Å². The molecule has 0 fully saturated rings. The molecule has 6 aromatic rings. The molecule has 3 heteroatoms. The number of nitrogens with zero attached hydrogens (tertiary/aromatic N) is 2. The number of aliphatic imine (C=N–C) groups is 1. The van der Waals surface area contributed by atoms with E-state index < -0.39 is 0 Å². The maximum Gasteiger partial charge on any atom is 0.117 e. The Morgan fingerprint density at radius 1 is 0.622 bits per heavy atom. The van der Waals surface area contributed by atoms with Crippen LogP contribution in [0.15, 0.2) is 114 Å². The zero-order valence-electron chi connectivity index (χ0n) is 20.9. The predicted molar refractivity (Wildman–Crippen MR) is 161 cm³/mol. The molecule has 1 aliphatic heterocycles. The molecule has 0 radical (unpaired) electrons. The van der Waals surface area contributed by atoms with E-state index in [-0.39, 0.29) is 5.54 Å². The van der Waals surface area contributed by atoms with Crippen LogP contribution >= 0.6 is 11.8 Å². The summed E-state index contributed by atoms with van der Waals surface area (Å²) in [5, 5.41) is 8.57. The van der Waals surface area contributed by atoms with Crippen LogP contribution in [0.5, 0.6) is 0 Å². The Bertz CT molecular complexity index is 1790. The minimum Gasteiger partial charge on any atom is -0.269 e. The second kappa shape index (κ2) is 8.57. The molecule has 178 valence electrons. The zero-order valence-corrected chi connectivity index (χ0v) is 21.7. The van der Waals surface area contributed by atoms with Crippen LogP contribution in [0.2, 0.25) is 0 Å². The van der Waals surface area contributed by atoms with Crippen molar-refractivity contribution in [2.75, 3.05) is 5.75 Å². The summed E-state index contributed by atoms with van der Waals surface area (Å²) < 4.78 is 0. The first-order valence-corrected chi connectivity index (χ1v) is 13.7. The summed E-state index contributed by atoms with van der Waals surface area (Å²) in [7, 11) is 0. The second-order valence-corrected chi connectivity index (χ2v) is 11.3. The van der Waals surface area contributed by atoms with Crippen molar-refractivity contribution in [3.63, 3.8) is 0 Å². The van der Waals surface area contributed by atoms with Crippen LogP contribution in [-0.2, 0) is 0 Å². The first kappa shape index (κ1) is 22.3. The number of fused-ring (bicyclic) bond motifs is 3. The van der Waals surface area contributed by atoms with E-state index in [1.807, 2.05) is 6.20 Å². The van der Waals surface area contributed by atoms with Crippen LogP contribution in [0.25, 0.3) is 54.6 Å². The quantitative estimate of drug-likeness (QED) is 0.229. The third-order valence-corrected chi connectivity index (χ3v) is 8.65. The van der Waals surface area contributed by atoms with Gasteiger partial charge >= 0.3 is 0 Å². The molecule has 0 saturated heterocycles. The molecule has 2 nitrogen and oxygen atoms in total. The van der Waals surface area contributed by atoms with Gasteiger partial charge in [0.2, 0.25) is 0 Å². The normalized spacial score (nSPS) is 14.9. The van der Waals surface area contributed by atoms with E-state index in [4.69, 9.17) is 9.98 Å². The molecule has 0 aliphatic carbocycles. The van der Waals surface area contributed by atoms with Gasteiger partial charge < -0.3 is 0 Å². The fourth-order valence-electron chi connectivity index (χ4n) is 5.56. The summed E-state index contributed by atoms with van der Waals surface area (Å²) in [6.45, 7) is 4.36. The largest absolute Gasteiger partial charge is 0.269 e. The Kier molecular flexibility index (Phi) is 5.16. The van der Waals surface area contributed by atoms with Crippen LogP contribution in [0.1, 0.15) is 19.5 Å². The number of hydrogen-bond donors (Lipinski definition) is 0. The highest BCUT2D eigenvalue weighted by molar-refractivity contribution is 8.14. The van der Waals surface area contributed by atoms with E-state index in [0.29, 0.717) is 0 Å². The topological polar surface area (TPSA) is 25.2 Å². The van der Waals surface area contributed by atoms with Crippen molar-refractivity contribution < 1.29 is 0 Å². The maximum atomic E-state index is 4.89. The van der Waals surface area contributed by atoms with Crippen molar-refractivity contribution in [3.8, 4) is 22.3 Å². The SMILES string of the molecule is CC1(C)CSC(c2ccc(-c3c4ccccc4c(-c4cccc5ccccc45)c4ccccc34)cn2)=N1. The molecular weight excluding hydrogens is 468 g/mol. The van der Waals surface area contributed by atoms with Crippen molar-refractivity contribution in [3.05, 3.63) is 115 Å². The van der Waals surface area contributed by atoms with Gasteiger partial charge in [-0.15, -0.1) is 11.8 Å². The molecule has 37 heavy (non-hydrogen) atoms. The van der Waals surface area contributed by atoms with E-state index in [0.717, 1.165) is 22.1 Å². The Morgan fingerprint density at radius 2 is 1.22 bits per heavy atom. The molecule has 7 rings (SSSR count). The van der Waals surface area contributed by atoms with Crippen LogP contribution in [0.3, 0.4) is 0 Å². The number of hydrogen-bond acceptors (Lipinski definition) is 3. The summed E-state index contributed by atoms with van der Waals surface area (Å²) >= 11 is 1.80. The zero-order chi connectivity index (χ0) is 25.0. The highest BCUT2D eigenvalue weighted by Gasteiger charge is 2.27. The van der Waals surface area contributed by atoms with Crippen molar-refractivity contribution in [2.24, 2.45) is 4.99 Å². The van der Waals surface area contributed by atoms with Gasteiger partial charge in [0.05, 0.1) is 11.2 Å². The van der Waals surface area contributed by atoms with Crippen molar-refractivity contribution in [1.29, 1.82) is 0 Å². The number of aromatic nitrogens is 1. The third kappa shape index (κ3) is 3.73. The van der Waals surface area contributed by atoms with Crippen molar-refractivity contribution >= 4 is 49.1 Å². The van der Waals surface area contributed by atoms with Gasteiger partial charge in [0.15, 0.2) is 0 Å². The monoisotopic (exact) mass is 494 g/mol. The highest BCUT2D eigenvalue weighted by atomic mass is 32.2. The lowest BCUT2D eigenvalue weighted by molar-refractivity contribution is 0.605. The first-order chi connectivity index (χ1) is 18.1. The van der Waals surface area contributed by atoms with Crippen LogP contribution < -0.4 is 0 Å². The van der Waals surface area contributed by atoms with Crippen molar-refractivity contribution in [2.45, 2.75) is 19.4 Å². The molecule has 1 aromatic heterocycles. The van der Waals surface area contributed by atoms with Crippen LogP contribution in [-0.4, -0.2) is 21.3 Å². The molecule has 1 aliphatic rings. The number of thioether (sulfide) groups is 1. The molecule has 0 amide bonds. The summed E-state index contributed by atoms with van der Waals surface area (Å²) in [4.78, 5) is 9.77. The Morgan fingerprint density at radius 3 is 1.81 bits per heavy atom. The summed E-state index contributed by atoms with van der Waals surface area (Å²) in [6, 6.07) is 37.2. The van der Waals surface area contributed by atoms with E-state index in [1.54, 1.807) is 11.8 Å². The minimum atomic E-state index is -0.0236. The summed E-state index contributed by atoms with van der Waals surface area (Å²) in [5.74, 6) is 0.997. The molecule has 0 bridgehead atoms.